The summed E-state index contributed by atoms with van der Waals surface area (Å²) >= 11 is 5.75. The van der Waals surface area contributed by atoms with Crippen molar-refractivity contribution in [2.45, 2.75) is 57.5 Å². The standard InChI is InChI=1S/C19H31N3O5S2/c1-12(23)21-14(7-9-29-2)19(27)22-8-3-4-15(22)17(25)10-13(11-28)16(24)5-6-18(20)26/h13-15,28H,3-11H2,1-2H3,(H2,20,26)(H,21,23)/t13-,14+,15?/m1/s1. The van der Waals surface area contributed by atoms with E-state index >= 15 is 0 Å². The van der Waals surface area contributed by atoms with Crippen LogP contribution < -0.4 is 11.1 Å². The van der Waals surface area contributed by atoms with Crippen LogP contribution in [0, 0.1) is 5.92 Å². The van der Waals surface area contributed by atoms with Crippen LogP contribution in [-0.4, -0.2) is 70.6 Å². The number of primary amides is 1. The number of carbonyl (C=O) groups is 5. The topological polar surface area (TPSA) is 127 Å². The number of nitrogens with one attached hydrogen (secondary N) is 1. The summed E-state index contributed by atoms with van der Waals surface area (Å²) < 4.78 is 0. The van der Waals surface area contributed by atoms with Gasteiger partial charge in [0.05, 0.1) is 6.04 Å². The summed E-state index contributed by atoms with van der Waals surface area (Å²) in [6.45, 7) is 1.81. The fraction of sp³-hybridized carbons (Fsp3) is 0.737. The van der Waals surface area contributed by atoms with Crippen molar-refractivity contribution in [3.8, 4) is 0 Å². The van der Waals surface area contributed by atoms with Crippen molar-refractivity contribution in [2.75, 3.05) is 24.3 Å². The number of amides is 3. The van der Waals surface area contributed by atoms with Gasteiger partial charge in [0.2, 0.25) is 17.7 Å². The van der Waals surface area contributed by atoms with E-state index in [-0.39, 0.29) is 48.4 Å². The van der Waals surface area contributed by atoms with Crippen LogP contribution in [0.25, 0.3) is 0 Å². The SMILES string of the molecule is CSCC[C@H](NC(C)=O)C(=O)N1CCCC1C(=O)C[C@H](CS)C(=O)CCC(N)=O. The Morgan fingerprint density at radius 1 is 1.24 bits per heavy atom. The van der Waals surface area contributed by atoms with Gasteiger partial charge < -0.3 is 16.0 Å². The lowest BCUT2D eigenvalue weighted by molar-refractivity contribution is -0.141. The molecule has 1 fully saturated rings. The van der Waals surface area contributed by atoms with Crippen molar-refractivity contribution >= 4 is 53.7 Å². The number of thioether (sulfide) groups is 1. The number of hydrogen-bond acceptors (Lipinski definition) is 7. The van der Waals surface area contributed by atoms with Gasteiger partial charge in [0, 0.05) is 44.4 Å². The van der Waals surface area contributed by atoms with Crippen molar-refractivity contribution < 1.29 is 24.0 Å². The van der Waals surface area contributed by atoms with E-state index in [1.807, 2.05) is 6.26 Å². The predicted octanol–water partition coefficient (Wildman–Crippen LogP) is 0.575. The van der Waals surface area contributed by atoms with E-state index < -0.39 is 23.9 Å². The number of ketones is 2. The summed E-state index contributed by atoms with van der Waals surface area (Å²) in [7, 11) is 0. The van der Waals surface area contributed by atoms with Crippen LogP contribution in [0.5, 0.6) is 0 Å². The molecule has 0 aromatic rings. The Bertz CT molecular complexity index is 629. The van der Waals surface area contributed by atoms with Crippen LogP contribution in [0.2, 0.25) is 0 Å². The number of Topliss-reactive ketones (excluding diaryl/α,β-unsaturated/α-hetero) is 2. The maximum absolute atomic E-state index is 13.0. The molecule has 10 heteroatoms. The van der Waals surface area contributed by atoms with E-state index in [0.29, 0.717) is 31.6 Å². The molecule has 0 aromatic carbocycles. The molecule has 0 aromatic heterocycles. The second kappa shape index (κ2) is 12.9. The van der Waals surface area contributed by atoms with Crippen LogP contribution in [0.15, 0.2) is 0 Å². The lowest BCUT2D eigenvalue weighted by Crippen LogP contribution is -2.51. The van der Waals surface area contributed by atoms with Gasteiger partial charge in [-0.15, -0.1) is 0 Å². The van der Waals surface area contributed by atoms with Crippen molar-refractivity contribution in [3.63, 3.8) is 0 Å². The number of nitrogens with zero attached hydrogens (tertiary/aromatic N) is 1. The van der Waals surface area contributed by atoms with E-state index in [1.54, 1.807) is 11.8 Å². The molecule has 0 radical (unpaired) electrons. The van der Waals surface area contributed by atoms with Gasteiger partial charge in [0.25, 0.3) is 0 Å². The molecule has 0 aliphatic carbocycles. The Balaban J connectivity index is 2.80. The van der Waals surface area contributed by atoms with Gasteiger partial charge in [-0.25, -0.2) is 0 Å². The van der Waals surface area contributed by atoms with Gasteiger partial charge in [0.15, 0.2) is 5.78 Å². The number of rotatable bonds is 13. The first kappa shape index (κ1) is 25.5. The molecule has 3 atom stereocenters. The summed E-state index contributed by atoms with van der Waals surface area (Å²) in [6, 6.07) is -1.26. The maximum Gasteiger partial charge on any atom is 0.245 e. The lowest BCUT2D eigenvalue weighted by atomic mass is 9.93. The number of thiol groups is 1. The molecule has 29 heavy (non-hydrogen) atoms. The quantitative estimate of drug-likeness (QED) is 0.356. The summed E-state index contributed by atoms with van der Waals surface area (Å²) in [6.07, 6.45) is 3.55. The van der Waals surface area contributed by atoms with Crippen molar-refractivity contribution in [1.29, 1.82) is 0 Å². The van der Waals surface area contributed by atoms with Crippen molar-refractivity contribution in [2.24, 2.45) is 11.7 Å². The Morgan fingerprint density at radius 3 is 2.48 bits per heavy atom. The zero-order chi connectivity index (χ0) is 22.0. The monoisotopic (exact) mass is 445 g/mol. The van der Waals surface area contributed by atoms with E-state index in [4.69, 9.17) is 5.73 Å². The molecule has 0 bridgehead atoms. The first-order valence-corrected chi connectivity index (χ1v) is 11.7. The molecule has 0 spiro atoms. The Hall–Kier alpha value is -1.55. The van der Waals surface area contributed by atoms with E-state index in [1.165, 1.54) is 11.8 Å². The molecule has 1 aliphatic heterocycles. The lowest BCUT2D eigenvalue weighted by Gasteiger charge is -2.29. The first-order valence-electron chi connectivity index (χ1n) is 9.72. The summed E-state index contributed by atoms with van der Waals surface area (Å²) in [5.41, 5.74) is 5.08. The highest BCUT2D eigenvalue weighted by atomic mass is 32.2. The molecule has 164 valence electrons. The Labute approximate surface area is 181 Å². The zero-order valence-corrected chi connectivity index (χ0v) is 18.7. The maximum atomic E-state index is 13.0. The molecule has 3 N–H and O–H groups in total. The van der Waals surface area contributed by atoms with Crippen LogP contribution in [0.1, 0.15) is 45.4 Å². The average Bonchev–Trinajstić information content (AvgIpc) is 3.16. The van der Waals surface area contributed by atoms with Gasteiger partial charge in [-0.2, -0.15) is 24.4 Å². The molecular weight excluding hydrogens is 414 g/mol. The fourth-order valence-corrected chi connectivity index (χ4v) is 4.22. The third kappa shape index (κ3) is 8.38. The van der Waals surface area contributed by atoms with Crippen LogP contribution >= 0.6 is 24.4 Å². The number of carbonyl (C=O) groups excluding carboxylic acids is 5. The minimum absolute atomic E-state index is 0.0135. The minimum Gasteiger partial charge on any atom is -0.370 e. The van der Waals surface area contributed by atoms with Gasteiger partial charge >= 0.3 is 0 Å². The van der Waals surface area contributed by atoms with Crippen LogP contribution in [-0.2, 0) is 24.0 Å². The highest BCUT2D eigenvalue weighted by Gasteiger charge is 2.38. The number of hydrogen-bond donors (Lipinski definition) is 3. The predicted molar refractivity (Wildman–Crippen MR) is 116 cm³/mol. The van der Waals surface area contributed by atoms with Crippen LogP contribution in [0.4, 0.5) is 0 Å². The van der Waals surface area contributed by atoms with Crippen molar-refractivity contribution in [1.82, 2.24) is 10.2 Å². The molecule has 1 rings (SSSR count). The summed E-state index contributed by atoms with van der Waals surface area (Å²) in [5.74, 6) is -1.23. The van der Waals surface area contributed by atoms with E-state index in [2.05, 4.69) is 17.9 Å². The molecule has 1 heterocycles. The van der Waals surface area contributed by atoms with E-state index in [9.17, 15) is 24.0 Å². The van der Waals surface area contributed by atoms with Gasteiger partial charge in [0.1, 0.15) is 11.8 Å². The third-order valence-corrected chi connectivity index (χ3v) is 6.02. The smallest absolute Gasteiger partial charge is 0.245 e. The number of likely N-dealkylation sites (tertiary alicyclic amines) is 1. The molecule has 1 saturated heterocycles. The summed E-state index contributed by atoms with van der Waals surface area (Å²) in [5, 5.41) is 2.68. The molecular formula is C19H31N3O5S2. The molecule has 0 saturated carbocycles. The molecule has 1 aliphatic rings. The Morgan fingerprint density at radius 2 is 1.93 bits per heavy atom. The largest absolute Gasteiger partial charge is 0.370 e. The van der Waals surface area contributed by atoms with Crippen molar-refractivity contribution in [3.05, 3.63) is 0 Å². The second-order valence-corrected chi connectivity index (χ2v) is 8.56. The molecule has 1 unspecified atom stereocenters. The first-order chi connectivity index (χ1) is 13.7. The van der Waals surface area contributed by atoms with E-state index in [0.717, 1.165) is 0 Å². The third-order valence-electron chi connectivity index (χ3n) is 4.93. The minimum atomic E-state index is -0.661. The Kier molecular flexibility index (Phi) is 11.3. The summed E-state index contributed by atoms with van der Waals surface area (Å²) in [4.78, 5) is 62.0. The average molecular weight is 446 g/mol. The zero-order valence-electron chi connectivity index (χ0n) is 17.0. The second-order valence-electron chi connectivity index (χ2n) is 7.21. The highest BCUT2D eigenvalue weighted by molar-refractivity contribution is 7.98. The molecule has 8 nitrogen and oxygen atoms in total. The van der Waals surface area contributed by atoms with Gasteiger partial charge in [-0.1, -0.05) is 0 Å². The fourth-order valence-electron chi connectivity index (χ4n) is 3.41. The molecule has 3 amide bonds. The van der Waals surface area contributed by atoms with Gasteiger partial charge in [-0.05, 0) is 31.3 Å². The number of nitrogens with two attached hydrogens (primary N) is 1. The van der Waals surface area contributed by atoms with Gasteiger partial charge in [-0.3, -0.25) is 24.0 Å². The van der Waals surface area contributed by atoms with Crippen LogP contribution in [0.3, 0.4) is 0 Å². The highest BCUT2D eigenvalue weighted by Crippen LogP contribution is 2.24. The normalized spacial score (nSPS) is 18.2.